The number of carbonyl (C=O) groups excluding carboxylic acids is 2. The van der Waals surface area contributed by atoms with E-state index in [0.717, 1.165) is 31.2 Å². The number of benzene rings is 1. The molecular weight excluding hydrogens is 262 g/mol. The van der Waals surface area contributed by atoms with E-state index < -0.39 is 0 Å². The van der Waals surface area contributed by atoms with E-state index in [1.54, 1.807) is 6.08 Å². The van der Waals surface area contributed by atoms with Crippen LogP contribution in [0.25, 0.3) is 0 Å². The maximum Gasteiger partial charge on any atom is 0.233 e. The number of rotatable bonds is 3. The Hall–Kier alpha value is -1.90. The van der Waals surface area contributed by atoms with Crippen molar-refractivity contribution >= 4 is 11.8 Å². The lowest BCUT2D eigenvalue weighted by Gasteiger charge is -2.49. The lowest BCUT2D eigenvalue weighted by molar-refractivity contribution is -0.157. The molecule has 0 bridgehead atoms. The zero-order valence-electron chi connectivity index (χ0n) is 12.3. The Bertz CT molecular complexity index is 566. The summed E-state index contributed by atoms with van der Waals surface area (Å²) in [6.07, 6.45) is 6.06. The number of piperidine rings is 1. The van der Waals surface area contributed by atoms with Crippen LogP contribution in [-0.2, 0) is 15.0 Å². The van der Waals surface area contributed by atoms with Gasteiger partial charge in [-0.2, -0.15) is 0 Å². The fourth-order valence-corrected chi connectivity index (χ4v) is 4.03. The molecule has 1 heterocycles. The van der Waals surface area contributed by atoms with Crippen molar-refractivity contribution in [3.05, 3.63) is 48.6 Å². The highest BCUT2D eigenvalue weighted by atomic mass is 16.2. The van der Waals surface area contributed by atoms with Crippen molar-refractivity contribution in [2.45, 2.75) is 37.5 Å². The molecule has 1 saturated heterocycles. The van der Waals surface area contributed by atoms with Crippen LogP contribution in [0.3, 0.4) is 0 Å². The average molecular weight is 283 g/mol. The van der Waals surface area contributed by atoms with E-state index in [1.165, 1.54) is 4.90 Å². The quantitative estimate of drug-likeness (QED) is 0.631. The first-order chi connectivity index (χ1) is 10.2. The van der Waals surface area contributed by atoms with E-state index in [1.807, 2.05) is 18.2 Å². The summed E-state index contributed by atoms with van der Waals surface area (Å²) in [6, 6.07) is 10.1. The number of nitrogens with zero attached hydrogens (tertiary/aromatic N) is 1. The molecule has 1 saturated carbocycles. The van der Waals surface area contributed by atoms with Crippen LogP contribution in [0, 0.1) is 5.92 Å². The highest BCUT2D eigenvalue weighted by Crippen LogP contribution is 2.49. The summed E-state index contributed by atoms with van der Waals surface area (Å²) in [5.41, 5.74) is 0.861. The number of amides is 2. The van der Waals surface area contributed by atoms with Gasteiger partial charge in [0.25, 0.3) is 0 Å². The average Bonchev–Trinajstić information content (AvgIpc) is 2.52. The van der Waals surface area contributed by atoms with E-state index in [2.05, 4.69) is 18.7 Å². The van der Waals surface area contributed by atoms with E-state index in [4.69, 9.17) is 0 Å². The fraction of sp³-hybridized carbons (Fsp3) is 0.444. The Labute approximate surface area is 125 Å². The van der Waals surface area contributed by atoms with Gasteiger partial charge in [-0.3, -0.25) is 14.5 Å². The number of imide groups is 1. The summed E-state index contributed by atoms with van der Waals surface area (Å²) >= 11 is 0. The summed E-state index contributed by atoms with van der Waals surface area (Å²) in [6.45, 7) is 3.99. The molecule has 3 rings (SSSR count). The van der Waals surface area contributed by atoms with Crippen molar-refractivity contribution in [1.29, 1.82) is 0 Å². The van der Waals surface area contributed by atoms with Crippen LogP contribution in [0.5, 0.6) is 0 Å². The van der Waals surface area contributed by atoms with Crippen LogP contribution >= 0.6 is 0 Å². The molecule has 1 aliphatic carbocycles. The molecule has 2 fully saturated rings. The van der Waals surface area contributed by atoms with Gasteiger partial charge in [-0.25, -0.2) is 0 Å². The molecular formula is C18H21NO2. The van der Waals surface area contributed by atoms with Gasteiger partial charge in [-0.1, -0.05) is 49.2 Å². The molecule has 0 N–H and O–H groups in total. The molecule has 2 atom stereocenters. The maximum atomic E-state index is 12.8. The number of hydrogen-bond acceptors (Lipinski definition) is 2. The number of hydrogen-bond donors (Lipinski definition) is 0. The van der Waals surface area contributed by atoms with Crippen molar-refractivity contribution < 1.29 is 9.59 Å². The molecule has 0 aromatic heterocycles. The molecule has 0 spiro atoms. The Morgan fingerprint density at radius 1 is 1.24 bits per heavy atom. The third-order valence-electron chi connectivity index (χ3n) is 5.02. The first kappa shape index (κ1) is 14.1. The standard InChI is InChI=1S/C18H21NO2/c1-2-12-19-16(20)13-18(14-8-4-3-5-9-14)11-7-6-10-15(18)17(19)21/h2-5,8-9,15H,1,6-7,10-13H2/t15-,18+/m1/s1. The number of likely N-dealkylation sites (tertiary alicyclic amines) is 1. The molecule has 2 aliphatic rings. The summed E-state index contributed by atoms with van der Waals surface area (Å²) in [5.74, 6) is -0.122. The van der Waals surface area contributed by atoms with E-state index in [-0.39, 0.29) is 23.1 Å². The Morgan fingerprint density at radius 3 is 2.71 bits per heavy atom. The molecule has 3 heteroatoms. The summed E-state index contributed by atoms with van der Waals surface area (Å²) in [4.78, 5) is 26.7. The molecule has 110 valence electrons. The normalized spacial score (nSPS) is 29.1. The molecule has 3 nitrogen and oxygen atoms in total. The van der Waals surface area contributed by atoms with Gasteiger partial charge in [0, 0.05) is 24.3 Å². The second-order valence-corrected chi connectivity index (χ2v) is 6.13. The van der Waals surface area contributed by atoms with Gasteiger partial charge in [0.2, 0.25) is 11.8 Å². The Morgan fingerprint density at radius 2 is 2.00 bits per heavy atom. The Kier molecular flexibility index (Phi) is 3.66. The van der Waals surface area contributed by atoms with Crippen LogP contribution in [0.1, 0.15) is 37.7 Å². The van der Waals surface area contributed by atoms with Crippen LogP contribution in [0.4, 0.5) is 0 Å². The van der Waals surface area contributed by atoms with Crippen LogP contribution < -0.4 is 0 Å². The van der Waals surface area contributed by atoms with E-state index >= 15 is 0 Å². The Balaban J connectivity index is 2.03. The van der Waals surface area contributed by atoms with Crippen molar-refractivity contribution in [2.75, 3.05) is 6.54 Å². The van der Waals surface area contributed by atoms with Gasteiger partial charge in [0.05, 0.1) is 0 Å². The zero-order chi connectivity index (χ0) is 14.9. The maximum absolute atomic E-state index is 12.8. The zero-order valence-corrected chi connectivity index (χ0v) is 12.3. The van der Waals surface area contributed by atoms with Gasteiger partial charge in [-0.15, -0.1) is 6.58 Å². The van der Waals surface area contributed by atoms with Gasteiger partial charge in [-0.05, 0) is 18.4 Å². The van der Waals surface area contributed by atoms with Crippen molar-refractivity contribution in [2.24, 2.45) is 5.92 Å². The van der Waals surface area contributed by atoms with Gasteiger partial charge < -0.3 is 0 Å². The topological polar surface area (TPSA) is 37.4 Å². The van der Waals surface area contributed by atoms with Gasteiger partial charge >= 0.3 is 0 Å². The summed E-state index contributed by atoms with van der Waals surface area (Å²) in [5, 5.41) is 0. The lowest BCUT2D eigenvalue weighted by Crippen LogP contribution is -2.57. The summed E-state index contributed by atoms with van der Waals surface area (Å²) < 4.78 is 0. The van der Waals surface area contributed by atoms with Gasteiger partial charge in [0.15, 0.2) is 0 Å². The molecule has 1 aromatic carbocycles. The number of fused-ring (bicyclic) bond motifs is 1. The SMILES string of the molecule is C=CCN1C(=O)C[C@]2(c3ccccc3)CCCC[C@@H]2C1=O. The molecule has 2 amide bonds. The monoisotopic (exact) mass is 283 g/mol. The van der Waals surface area contributed by atoms with Crippen molar-refractivity contribution in [3.63, 3.8) is 0 Å². The first-order valence-corrected chi connectivity index (χ1v) is 7.70. The number of carbonyl (C=O) groups is 2. The lowest BCUT2D eigenvalue weighted by atomic mass is 9.58. The highest BCUT2D eigenvalue weighted by Gasteiger charge is 2.52. The highest BCUT2D eigenvalue weighted by molar-refractivity contribution is 6.01. The van der Waals surface area contributed by atoms with Crippen molar-refractivity contribution in [1.82, 2.24) is 4.90 Å². The largest absolute Gasteiger partial charge is 0.278 e. The van der Waals surface area contributed by atoms with E-state index in [9.17, 15) is 9.59 Å². The first-order valence-electron chi connectivity index (χ1n) is 7.70. The van der Waals surface area contributed by atoms with Gasteiger partial charge in [0.1, 0.15) is 0 Å². The molecule has 1 aliphatic heterocycles. The minimum Gasteiger partial charge on any atom is -0.278 e. The van der Waals surface area contributed by atoms with Crippen molar-refractivity contribution in [3.8, 4) is 0 Å². The minimum atomic E-state index is -0.286. The smallest absolute Gasteiger partial charge is 0.233 e. The predicted octanol–water partition coefficient (Wildman–Crippen LogP) is 3.06. The van der Waals surface area contributed by atoms with Crippen LogP contribution in [0.2, 0.25) is 0 Å². The molecule has 0 radical (unpaired) electrons. The fourth-order valence-electron chi connectivity index (χ4n) is 4.03. The third-order valence-corrected chi connectivity index (χ3v) is 5.02. The second-order valence-electron chi connectivity index (χ2n) is 6.13. The summed E-state index contributed by atoms with van der Waals surface area (Å²) in [7, 11) is 0. The van der Waals surface area contributed by atoms with Crippen LogP contribution in [0.15, 0.2) is 43.0 Å². The molecule has 0 unspecified atom stereocenters. The second kappa shape index (κ2) is 5.47. The third kappa shape index (κ3) is 2.21. The van der Waals surface area contributed by atoms with E-state index in [0.29, 0.717) is 13.0 Å². The minimum absolute atomic E-state index is 0.00490. The predicted molar refractivity (Wildman–Crippen MR) is 81.6 cm³/mol. The van der Waals surface area contributed by atoms with Crippen LogP contribution in [-0.4, -0.2) is 23.3 Å². The molecule has 1 aromatic rings. The molecule has 21 heavy (non-hydrogen) atoms.